The standard InChI is InChI=1S/C17H18FNO2S/c18-16-11-17(16)22(20,21)19(12-14-7-3-1-4-8-14)13-15-9-5-2-6-10-15/h1-10,16-17H,11-13H2/t16-,17-/m1/s1. The largest absolute Gasteiger partial charge is 0.246 e. The maximum absolute atomic E-state index is 13.3. The molecular formula is C17H18FNO2S. The molecule has 2 aromatic carbocycles. The summed E-state index contributed by atoms with van der Waals surface area (Å²) < 4.78 is 39.9. The van der Waals surface area contributed by atoms with Crippen LogP contribution in [0.25, 0.3) is 0 Å². The van der Waals surface area contributed by atoms with Crippen molar-refractivity contribution in [2.45, 2.75) is 30.9 Å². The topological polar surface area (TPSA) is 37.4 Å². The van der Waals surface area contributed by atoms with Gasteiger partial charge in [-0.15, -0.1) is 0 Å². The maximum Gasteiger partial charge on any atom is 0.220 e. The fourth-order valence-corrected chi connectivity index (χ4v) is 4.29. The number of alkyl halides is 1. The van der Waals surface area contributed by atoms with Crippen LogP contribution in [0.3, 0.4) is 0 Å². The van der Waals surface area contributed by atoms with Crippen LogP contribution in [0.15, 0.2) is 60.7 Å². The monoisotopic (exact) mass is 319 g/mol. The van der Waals surface area contributed by atoms with Gasteiger partial charge in [0.2, 0.25) is 10.0 Å². The summed E-state index contributed by atoms with van der Waals surface area (Å²) in [6.45, 7) is 0.530. The van der Waals surface area contributed by atoms with Crippen molar-refractivity contribution < 1.29 is 12.8 Å². The van der Waals surface area contributed by atoms with E-state index in [4.69, 9.17) is 0 Å². The van der Waals surface area contributed by atoms with Crippen molar-refractivity contribution >= 4 is 10.0 Å². The molecule has 0 unspecified atom stereocenters. The molecule has 0 aliphatic heterocycles. The highest BCUT2D eigenvalue weighted by Crippen LogP contribution is 2.36. The Bertz CT molecular complexity index is 677. The lowest BCUT2D eigenvalue weighted by atomic mass is 10.2. The zero-order chi connectivity index (χ0) is 15.6. The Hall–Kier alpha value is -1.72. The molecule has 0 amide bonds. The number of sulfonamides is 1. The molecule has 2 aromatic rings. The van der Waals surface area contributed by atoms with E-state index in [0.29, 0.717) is 0 Å². The smallest absolute Gasteiger partial charge is 0.220 e. The third-order valence-corrected chi connectivity index (χ3v) is 6.03. The number of benzene rings is 2. The van der Waals surface area contributed by atoms with E-state index in [1.807, 2.05) is 60.7 Å². The van der Waals surface area contributed by atoms with Gasteiger partial charge in [-0.1, -0.05) is 60.7 Å². The summed E-state index contributed by atoms with van der Waals surface area (Å²) in [5.74, 6) is 0. The van der Waals surface area contributed by atoms with Gasteiger partial charge in [0.15, 0.2) is 0 Å². The quantitative estimate of drug-likeness (QED) is 0.820. The zero-order valence-corrected chi connectivity index (χ0v) is 12.9. The van der Waals surface area contributed by atoms with Crippen LogP contribution in [0.5, 0.6) is 0 Å². The van der Waals surface area contributed by atoms with E-state index in [1.54, 1.807) is 0 Å². The molecule has 22 heavy (non-hydrogen) atoms. The predicted molar refractivity (Wildman–Crippen MR) is 84.4 cm³/mol. The van der Waals surface area contributed by atoms with Crippen molar-refractivity contribution in [1.82, 2.24) is 4.31 Å². The molecule has 1 aliphatic rings. The van der Waals surface area contributed by atoms with E-state index in [2.05, 4.69) is 0 Å². The van der Waals surface area contributed by atoms with Crippen molar-refractivity contribution in [3.05, 3.63) is 71.8 Å². The summed E-state index contributed by atoms with van der Waals surface area (Å²) in [6.07, 6.45) is -1.11. The Kier molecular flexibility index (Phi) is 4.27. The molecule has 1 aliphatic carbocycles. The number of nitrogens with zero attached hydrogens (tertiary/aromatic N) is 1. The first-order valence-corrected chi connectivity index (χ1v) is 8.78. The van der Waals surface area contributed by atoms with Crippen LogP contribution >= 0.6 is 0 Å². The fourth-order valence-electron chi connectivity index (χ4n) is 2.45. The van der Waals surface area contributed by atoms with Crippen molar-refractivity contribution in [3.8, 4) is 0 Å². The Morgan fingerprint density at radius 1 is 0.909 bits per heavy atom. The molecule has 0 spiro atoms. The lowest BCUT2D eigenvalue weighted by Gasteiger charge is -2.22. The van der Waals surface area contributed by atoms with Gasteiger partial charge in [-0.2, -0.15) is 4.31 Å². The summed E-state index contributed by atoms with van der Waals surface area (Å²) in [6, 6.07) is 18.8. The van der Waals surface area contributed by atoms with Crippen LogP contribution in [-0.2, 0) is 23.1 Å². The first kappa shape index (κ1) is 15.2. The first-order valence-electron chi connectivity index (χ1n) is 7.28. The van der Waals surface area contributed by atoms with Crippen LogP contribution in [0.1, 0.15) is 17.5 Å². The molecule has 0 aromatic heterocycles. The van der Waals surface area contributed by atoms with Crippen molar-refractivity contribution in [2.24, 2.45) is 0 Å². The Labute approximate surface area is 130 Å². The first-order chi connectivity index (χ1) is 10.6. The molecule has 2 atom stereocenters. The van der Waals surface area contributed by atoms with E-state index < -0.39 is 21.4 Å². The zero-order valence-electron chi connectivity index (χ0n) is 12.1. The highest BCUT2D eigenvalue weighted by Gasteiger charge is 2.50. The van der Waals surface area contributed by atoms with E-state index in [0.717, 1.165) is 11.1 Å². The van der Waals surface area contributed by atoms with Crippen LogP contribution in [0, 0.1) is 0 Å². The lowest BCUT2D eigenvalue weighted by Crippen LogP contribution is -2.33. The second-order valence-electron chi connectivity index (χ2n) is 5.57. The van der Waals surface area contributed by atoms with E-state index >= 15 is 0 Å². The second-order valence-corrected chi connectivity index (χ2v) is 7.73. The minimum absolute atomic E-state index is 0.114. The normalized spacial score (nSPS) is 21.0. The average molecular weight is 319 g/mol. The molecule has 0 saturated heterocycles. The van der Waals surface area contributed by atoms with Crippen LogP contribution in [0.4, 0.5) is 4.39 Å². The summed E-state index contributed by atoms with van der Waals surface area (Å²) in [4.78, 5) is 0. The third-order valence-electron chi connectivity index (χ3n) is 3.80. The second kappa shape index (κ2) is 6.18. The molecule has 0 N–H and O–H groups in total. The maximum atomic E-state index is 13.3. The van der Waals surface area contributed by atoms with Gasteiger partial charge in [0, 0.05) is 19.5 Å². The predicted octanol–water partition coefficient (Wildman–Crippen LogP) is 3.13. The minimum Gasteiger partial charge on any atom is -0.246 e. The van der Waals surface area contributed by atoms with Gasteiger partial charge in [0.1, 0.15) is 11.4 Å². The van der Waals surface area contributed by atoms with E-state index in [9.17, 15) is 12.8 Å². The summed E-state index contributed by atoms with van der Waals surface area (Å²) >= 11 is 0. The Morgan fingerprint density at radius 2 is 1.32 bits per heavy atom. The number of rotatable bonds is 6. The van der Waals surface area contributed by atoms with E-state index in [1.165, 1.54) is 4.31 Å². The molecule has 0 bridgehead atoms. The molecule has 3 nitrogen and oxygen atoms in total. The van der Waals surface area contributed by atoms with Gasteiger partial charge in [-0.25, -0.2) is 12.8 Å². The number of halogens is 1. The SMILES string of the molecule is O=S(=O)([C@@H]1C[C@H]1F)N(Cc1ccccc1)Cc1ccccc1. The van der Waals surface area contributed by atoms with Crippen LogP contribution in [-0.4, -0.2) is 24.1 Å². The van der Waals surface area contributed by atoms with Gasteiger partial charge >= 0.3 is 0 Å². The Morgan fingerprint density at radius 3 is 1.68 bits per heavy atom. The summed E-state index contributed by atoms with van der Waals surface area (Å²) in [5.41, 5.74) is 1.80. The third kappa shape index (κ3) is 3.36. The van der Waals surface area contributed by atoms with Crippen LogP contribution < -0.4 is 0 Å². The van der Waals surface area contributed by atoms with E-state index in [-0.39, 0.29) is 19.5 Å². The molecule has 3 rings (SSSR count). The van der Waals surface area contributed by atoms with Gasteiger partial charge in [-0.3, -0.25) is 0 Å². The van der Waals surface area contributed by atoms with Crippen molar-refractivity contribution in [3.63, 3.8) is 0 Å². The van der Waals surface area contributed by atoms with Gasteiger partial charge in [0.25, 0.3) is 0 Å². The molecule has 1 saturated carbocycles. The van der Waals surface area contributed by atoms with Gasteiger partial charge < -0.3 is 0 Å². The summed E-state index contributed by atoms with van der Waals surface area (Å²) in [7, 11) is -3.62. The van der Waals surface area contributed by atoms with Gasteiger partial charge in [0.05, 0.1) is 0 Å². The molecule has 0 heterocycles. The van der Waals surface area contributed by atoms with Crippen molar-refractivity contribution in [1.29, 1.82) is 0 Å². The lowest BCUT2D eigenvalue weighted by molar-refractivity contribution is 0.394. The molecule has 116 valence electrons. The highest BCUT2D eigenvalue weighted by molar-refractivity contribution is 7.90. The Balaban J connectivity index is 1.85. The fraction of sp³-hybridized carbons (Fsp3) is 0.294. The van der Waals surface area contributed by atoms with Gasteiger partial charge in [-0.05, 0) is 11.1 Å². The molecule has 5 heteroatoms. The van der Waals surface area contributed by atoms with Crippen LogP contribution in [0.2, 0.25) is 0 Å². The van der Waals surface area contributed by atoms with Crippen molar-refractivity contribution in [2.75, 3.05) is 0 Å². The molecule has 1 fully saturated rings. The average Bonchev–Trinajstić information content (AvgIpc) is 3.27. The minimum atomic E-state index is -3.62. The molecule has 0 radical (unpaired) electrons. The highest BCUT2D eigenvalue weighted by atomic mass is 32.2. The number of hydrogen-bond acceptors (Lipinski definition) is 2. The number of hydrogen-bond donors (Lipinski definition) is 0. The summed E-state index contributed by atoms with van der Waals surface area (Å²) in [5, 5.41) is -0.875. The molecular weight excluding hydrogens is 301 g/mol.